The Morgan fingerprint density at radius 3 is 2.76 bits per heavy atom. The number of rotatable bonds is 6. The molecule has 8 nitrogen and oxygen atoms in total. The van der Waals surface area contributed by atoms with Crippen LogP contribution in [0.3, 0.4) is 0 Å². The van der Waals surface area contributed by atoms with Crippen molar-refractivity contribution in [2.24, 2.45) is 16.5 Å². The van der Waals surface area contributed by atoms with Crippen LogP contribution < -0.4 is 21.8 Å². The fourth-order valence-electron chi connectivity index (χ4n) is 3.76. The maximum Gasteiger partial charge on any atom is 0.272 e. The highest BCUT2D eigenvalue weighted by Gasteiger charge is 2.29. The molecular formula is C24H23FN6O2. The van der Waals surface area contributed by atoms with Crippen LogP contribution in [0.1, 0.15) is 35.2 Å². The Hall–Kier alpha value is -4.03. The molecule has 0 aliphatic heterocycles. The second-order valence-corrected chi connectivity index (χ2v) is 7.77. The van der Waals surface area contributed by atoms with Gasteiger partial charge in [0.25, 0.3) is 5.56 Å². The minimum Gasteiger partial charge on any atom is -0.501 e. The molecular weight excluding hydrogens is 423 g/mol. The number of hydrogen-bond donors (Lipinski definition) is 3. The van der Waals surface area contributed by atoms with Gasteiger partial charge in [-0.3, -0.25) is 9.79 Å². The third kappa shape index (κ3) is 3.97. The molecule has 4 rings (SSSR count). The Morgan fingerprint density at radius 2 is 2.15 bits per heavy atom. The van der Waals surface area contributed by atoms with Crippen molar-refractivity contribution in [1.29, 1.82) is 0 Å². The highest BCUT2D eigenvalue weighted by Crippen LogP contribution is 2.41. The van der Waals surface area contributed by atoms with Crippen molar-refractivity contribution < 1.29 is 9.13 Å². The molecule has 9 heteroatoms. The lowest BCUT2D eigenvalue weighted by atomic mass is 9.92. The quantitative estimate of drug-likeness (QED) is 0.396. The highest BCUT2D eigenvalue weighted by molar-refractivity contribution is 6.34. The van der Waals surface area contributed by atoms with Crippen LogP contribution in [0, 0.1) is 19.3 Å². The fraction of sp³-hybridized carbons (Fsp3) is 0.250. The summed E-state index contributed by atoms with van der Waals surface area (Å²) in [6.07, 6.45) is 3.15. The van der Waals surface area contributed by atoms with Gasteiger partial charge in [-0.2, -0.15) is 5.10 Å². The van der Waals surface area contributed by atoms with Crippen LogP contribution in [0.5, 0.6) is 5.75 Å². The topological polar surface area (TPSA) is 124 Å². The van der Waals surface area contributed by atoms with Crippen LogP contribution in [0.4, 0.5) is 10.1 Å². The maximum atomic E-state index is 15.4. The summed E-state index contributed by atoms with van der Waals surface area (Å²) in [7, 11) is 1.51. The van der Waals surface area contributed by atoms with E-state index in [2.05, 4.69) is 20.0 Å². The lowest BCUT2D eigenvalue weighted by molar-refractivity contribution is 0.304. The summed E-state index contributed by atoms with van der Waals surface area (Å²) in [6.45, 7) is 9.46. The average molecular weight is 446 g/mol. The Labute approximate surface area is 189 Å². The number of nitrogens with zero attached hydrogens (tertiary/aromatic N) is 3. The number of hydrogen-bond acceptors (Lipinski definition) is 6. The molecule has 0 bridgehead atoms. The first kappa shape index (κ1) is 22.2. The van der Waals surface area contributed by atoms with Gasteiger partial charge < -0.3 is 16.2 Å². The summed E-state index contributed by atoms with van der Waals surface area (Å²) in [4.78, 5) is 20.1. The highest BCUT2D eigenvalue weighted by atomic mass is 19.1. The Balaban J connectivity index is 1.91. The maximum absolute atomic E-state index is 15.4. The summed E-state index contributed by atoms with van der Waals surface area (Å²) in [5.41, 5.74) is 13.5. The zero-order valence-corrected chi connectivity index (χ0v) is 18.3. The van der Waals surface area contributed by atoms with Crippen molar-refractivity contribution in [3.63, 3.8) is 0 Å². The first-order chi connectivity index (χ1) is 15.9. The molecule has 1 aliphatic carbocycles. The molecule has 0 spiro atoms. The number of allylic oxidation sites excluding steroid dienone is 1. The van der Waals surface area contributed by atoms with Crippen molar-refractivity contribution in [2.75, 3.05) is 7.05 Å². The molecule has 1 fully saturated rings. The SMILES string of the molecule is [C-]#[N+]c1c(OC2CC2)cc(C)c(F)c1C(=NC)/C(=C\N)c1ccc2c(=O)[nH]nc(CN)c2c1. The number of benzene rings is 2. The molecule has 2 aromatic carbocycles. The number of ether oxygens (including phenoxy) is 1. The summed E-state index contributed by atoms with van der Waals surface area (Å²) < 4.78 is 21.3. The minimum atomic E-state index is -0.564. The number of H-pyrrole nitrogens is 1. The minimum absolute atomic E-state index is 0.0306. The second kappa shape index (κ2) is 8.84. The van der Waals surface area contributed by atoms with E-state index < -0.39 is 5.82 Å². The number of nitrogens with two attached hydrogens (primary N) is 2. The van der Waals surface area contributed by atoms with E-state index in [0.29, 0.717) is 38.9 Å². The molecule has 5 N–H and O–H groups in total. The van der Waals surface area contributed by atoms with Gasteiger partial charge in [0.05, 0.1) is 29.5 Å². The van der Waals surface area contributed by atoms with Gasteiger partial charge >= 0.3 is 0 Å². The molecule has 168 valence electrons. The van der Waals surface area contributed by atoms with Gasteiger partial charge in [-0.25, -0.2) is 14.3 Å². The molecule has 0 radical (unpaired) electrons. The Bertz CT molecular complexity index is 1410. The normalized spacial score (nSPS) is 14.4. The zero-order chi connectivity index (χ0) is 23.7. The Morgan fingerprint density at radius 1 is 1.39 bits per heavy atom. The third-order valence-electron chi connectivity index (χ3n) is 5.57. The van der Waals surface area contributed by atoms with E-state index in [1.54, 1.807) is 31.2 Å². The molecule has 3 aromatic rings. The molecule has 0 unspecified atom stereocenters. The largest absolute Gasteiger partial charge is 0.501 e. The van der Waals surface area contributed by atoms with E-state index in [4.69, 9.17) is 22.8 Å². The summed E-state index contributed by atoms with van der Waals surface area (Å²) in [5.74, 6) is -0.232. The first-order valence-corrected chi connectivity index (χ1v) is 10.4. The van der Waals surface area contributed by atoms with Crippen LogP contribution in [-0.2, 0) is 6.54 Å². The molecule has 1 aromatic heterocycles. The van der Waals surface area contributed by atoms with Crippen LogP contribution in [0.15, 0.2) is 40.3 Å². The van der Waals surface area contributed by atoms with E-state index in [-0.39, 0.29) is 35.2 Å². The van der Waals surface area contributed by atoms with Gasteiger partial charge in [0, 0.05) is 36.3 Å². The predicted octanol–water partition coefficient (Wildman–Crippen LogP) is 3.34. The Kier molecular flexibility index (Phi) is 5.94. The molecule has 0 amide bonds. The van der Waals surface area contributed by atoms with E-state index in [1.165, 1.54) is 13.2 Å². The lowest BCUT2D eigenvalue weighted by Gasteiger charge is -2.18. The van der Waals surface area contributed by atoms with Gasteiger partial charge in [0.15, 0.2) is 0 Å². The van der Waals surface area contributed by atoms with Crippen LogP contribution in [0.2, 0.25) is 0 Å². The average Bonchev–Trinajstić information content (AvgIpc) is 3.64. The van der Waals surface area contributed by atoms with Crippen LogP contribution >= 0.6 is 0 Å². The van der Waals surface area contributed by atoms with Gasteiger partial charge in [-0.05, 0) is 49.1 Å². The van der Waals surface area contributed by atoms with Crippen molar-refractivity contribution >= 4 is 27.7 Å². The van der Waals surface area contributed by atoms with E-state index >= 15 is 4.39 Å². The second-order valence-electron chi connectivity index (χ2n) is 7.77. The monoisotopic (exact) mass is 446 g/mol. The molecule has 0 saturated heterocycles. The molecule has 1 heterocycles. The predicted molar refractivity (Wildman–Crippen MR) is 126 cm³/mol. The van der Waals surface area contributed by atoms with Gasteiger partial charge in [-0.15, -0.1) is 0 Å². The molecule has 1 saturated carbocycles. The van der Waals surface area contributed by atoms with Crippen LogP contribution in [-0.4, -0.2) is 29.1 Å². The van der Waals surface area contributed by atoms with Gasteiger partial charge in [-0.1, -0.05) is 6.07 Å². The van der Waals surface area contributed by atoms with Crippen molar-refractivity contribution in [3.8, 4) is 5.75 Å². The zero-order valence-electron chi connectivity index (χ0n) is 18.3. The van der Waals surface area contributed by atoms with E-state index in [1.807, 2.05) is 0 Å². The van der Waals surface area contributed by atoms with Crippen molar-refractivity contribution in [3.05, 3.63) is 80.4 Å². The van der Waals surface area contributed by atoms with Crippen molar-refractivity contribution in [1.82, 2.24) is 10.2 Å². The smallest absolute Gasteiger partial charge is 0.272 e. The van der Waals surface area contributed by atoms with E-state index in [0.717, 1.165) is 12.8 Å². The summed E-state index contributed by atoms with van der Waals surface area (Å²) in [5, 5.41) is 7.42. The fourth-order valence-corrected chi connectivity index (χ4v) is 3.76. The first-order valence-electron chi connectivity index (χ1n) is 10.4. The number of aromatic nitrogens is 2. The number of aliphatic imine (C=N–C) groups is 1. The lowest BCUT2D eigenvalue weighted by Crippen LogP contribution is -2.14. The number of aromatic amines is 1. The van der Waals surface area contributed by atoms with Crippen molar-refractivity contribution in [2.45, 2.75) is 32.4 Å². The number of nitrogens with one attached hydrogen (secondary N) is 1. The molecule has 1 aliphatic rings. The van der Waals surface area contributed by atoms with Crippen LogP contribution in [0.25, 0.3) is 21.2 Å². The van der Waals surface area contributed by atoms with Gasteiger partial charge in [0.2, 0.25) is 5.69 Å². The standard InChI is InChI=1S/C24H23FN6O2/c1-12-8-19(33-14-5-6-14)23(29-3)20(21(12)25)22(28-2)17(10-26)13-4-7-15-16(9-13)18(11-27)30-31-24(15)32/h4,7-10,14H,5-6,11,26-27H2,1-2H3,(H,31,32)/b17-10-,28-22?. The molecule has 33 heavy (non-hydrogen) atoms. The number of fused-ring (bicyclic) bond motifs is 1. The molecule has 0 atom stereocenters. The summed E-state index contributed by atoms with van der Waals surface area (Å²) >= 11 is 0. The van der Waals surface area contributed by atoms with Gasteiger partial charge in [0.1, 0.15) is 11.6 Å². The number of halogens is 1. The van der Waals surface area contributed by atoms with E-state index in [9.17, 15) is 4.79 Å². The third-order valence-corrected chi connectivity index (χ3v) is 5.57. The summed E-state index contributed by atoms with van der Waals surface area (Å²) in [6, 6.07) is 6.58. The number of aryl methyl sites for hydroxylation is 1.